The Hall–Kier alpha value is -11.3. The number of imidazole rings is 2. The number of halogens is 11. The molecule has 0 unspecified atom stereocenters. The molecule has 2 aromatic heterocycles. The molecule has 1 aliphatic carbocycles. The molecule has 2 amide bonds. The number of carbonyl (C=O) groups is 11. The number of ether oxygens (including phenoxy) is 12. The van der Waals surface area contributed by atoms with Gasteiger partial charge in [-0.15, -0.1) is 0 Å². The number of likely N-dealkylation sites (tertiary alicyclic amines) is 1. The molecule has 0 bridgehead atoms. The topological polar surface area (TPSA) is 503 Å². The van der Waals surface area contributed by atoms with Crippen LogP contribution in [0.2, 0.25) is 0 Å². The molecule has 52 heteroatoms. The number of rotatable bonds is 35. The molecule has 6 N–H and O–H groups in total. The molecule has 10 rings (SSSR count). The Morgan fingerprint density at radius 3 is 1.15 bits per heavy atom. The third kappa shape index (κ3) is 39.6. The summed E-state index contributed by atoms with van der Waals surface area (Å²) in [6.45, 7) is 21.3. The lowest BCUT2D eigenvalue weighted by atomic mass is 9.78. The maximum atomic E-state index is 13.5. The number of nitrogens with zero attached hydrogens (tertiary/aromatic N) is 3. The number of hydrogen-bond acceptors (Lipinski definition) is 32. The van der Waals surface area contributed by atoms with Gasteiger partial charge in [0, 0.05) is 23.6 Å². The number of alkyl halides is 10. The number of aliphatic hydroxyl groups excluding tert-OH is 1. The number of aliphatic carboxylic acids is 2. The van der Waals surface area contributed by atoms with E-state index in [9.17, 15) is 114 Å². The van der Waals surface area contributed by atoms with E-state index in [0.29, 0.717) is 31.1 Å². The third-order valence-electron chi connectivity index (χ3n) is 24.2. The second-order valence-electron chi connectivity index (χ2n) is 38.4. The number of aromatic nitrogens is 4. The highest BCUT2D eigenvalue weighted by Gasteiger charge is 2.56. The number of carboxylic acid groups (broad SMARTS) is 2. The molecule has 11 atom stereocenters. The Bertz CT molecular complexity index is 5480. The van der Waals surface area contributed by atoms with Crippen molar-refractivity contribution in [1.29, 1.82) is 0 Å². The SMILES string of the molecule is CC1(C)OB(c2ccc3cc(-c4cnc(C5CCCC5)[nH]4)ccc3c2)OC1(C)C.COC(=O)C[C@H](C(=O)O)[C@@H](C)OC(F)F.COC(=O)C[C@H](C(=O)OC)[C@@H](C)OC(F)F.COC(=O)N[C@H](C(=O)N1CCC[C@H]1c1ncc(-c2ccc3cc(B4OC(C)(C)C(C)(C)O4)ccc3c2)[nH]1)[C@@H](C)OC(F)F.COC(=O)[C@@H](CC(=O)OC(C)(C)C)[C@@H](C)O.COC(=O)[C@@H](CC(=O)OC(C)(C)C)[C@@H](C)OC(F)F.O=C(O)C(F)(F)S(=O)(=O)F. The zero-order chi connectivity index (χ0) is 113. The standard InChI is InChI=1S/C30H37BF2N4O6.C24H29BN2O2.C12H20F2O5.C11H20O5.C9H14F2O5.C8H12F2O5.C2HF3O4S/c1-17(41-27(32)33)24(36-28(39)40-6)26(38)37-13-7-8-23(37)25-34-16-22(35-25)20-10-9-19-15-21(12-11-18(19)14-20)31-42-29(2,3)30(4,5)43-31;1-23(2)24(3,4)29-25(28-23)20-12-11-17-13-19(10-9-18(17)14-20)21-15-26-22(27-21)16-7-5-6-8-16;1-7(18-11(13)14)8(10(16)17-5)6-9(15)19-12(2,3)4;1-7(12)8(10(14)15-5)6-9(13)16-11(2,3)4;1-5(16-9(10)11)6(8(13)15-3)4-7(12)14-2;1-4(15-8(9)10)5(7(12)13)3-6(11)14-2;3-2(4,1(6)7)10(5,8)9/h9-12,14-17,23-24,27H,7-8,13H2,1-6H3,(H,34,35)(H,36,39);9-16H,5-8H2,1-4H3,(H,26,27);7-8,11H,6H2,1-5H3;7-8,12H,6H2,1-5H3;5-6,9H,4H2,1-3H3;4-5,8H,3H2,1-2H3,(H,12,13);(H,6,7)/t17-,23+,24+;;2*7-,8+;5-,6+;4-,5+;/m1.1111./s1. The van der Waals surface area contributed by atoms with Crippen LogP contribution in [0, 0.1) is 23.7 Å². The average Bonchev–Trinajstić information content (AvgIpc) is 1.62. The van der Waals surface area contributed by atoms with E-state index in [1.807, 2.05) is 58.2 Å². The summed E-state index contributed by atoms with van der Waals surface area (Å²) in [5.74, 6) is -12.0. The summed E-state index contributed by atoms with van der Waals surface area (Å²) >= 11 is 0. The van der Waals surface area contributed by atoms with Crippen LogP contribution in [0.15, 0.2) is 85.2 Å². The fourth-order valence-electron chi connectivity index (χ4n) is 14.7. The quantitative estimate of drug-likeness (QED) is 0.00707. The maximum absolute atomic E-state index is 13.5. The summed E-state index contributed by atoms with van der Waals surface area (Å²) in [5, 5.41) is 26.9. The van der Waals surface area contributed by atoms with Crippen LogP contribution in [0.5, 0.6) is 0 Å². The molecular weight excluding hydrogens is 2010 g/mol. The van der Waals surface area contributed by atoms with Gasteiger partial charge in [-0.05, 0) is 202 Å². The Morgan fingerprint density at radius 1 is 0.473 bits per heavy atom. The van der Waals surface area contributed by atoms with Gasteiger partial charge in [0.25, 0.3) is 0 Å². The van der Waals surface area contributed by atoms with E-state index in [4.69, 9.17) is 38.3 Å². The van der Waals surface area contributed by atoms with Crippen LogP contribution in [0.1, 0.15) is 219 Å². The van der Waals surface area contributed by atoms with Gasteiger partial charge in [-0.1, -0.05) is 77.4 Å². The molecule has 828 valence electrons. The molecule has 0 radical (unpaired) electrons. The van der Waals surface area contributed by atoms with Gasteiger partial charge in [0.2, 0.25) is 5.91 Å². The molecule has 4 aliphatic rings. The molecule has 4 fully saturated rings. The van der Waals surface area contributed by atoms with Crippen molar-refractivity contribution in [1.82, 2.24) is 30.2 Å². The first-order valence-corrected chi connectivity index (χ1v) is 47.8. The predicted molar refractivity (Wildman–Crippen MR) is 511 cm³/mol. The first-order chi connectivity index (χ1) is 68.3. The number of carbonyl (C=O) groups excluding carboxylic acids is 9. The van der Waals surface area contributed by atoms with Crippen LogP contribution < -0.4 is 16.2 Å². The number of H-pyrrole nitrogens is 2. The van der Waals surface area contributed by atoms with Crippen molar-refractivity contribution in [2.45, 2.75) is 310 Å². The smallest absolute Gasteiger partial charge is 0.481 e. The molecule has 5 heterocycles. The summed E-state index contributed by atoms with van der Waals surface area (Å²) < 4.78 is 229. The van der Waals surface area contributed by atoms with E-state index in [1.165, 1.54) is 81.7 Å². The molecular formula is C96H133B2F11N6O32S. The van der Waals surface area contributed by atoms with Crippen LogP contribution in [0.3, 0.4) is 0 Å². The van der Waals surface area contributed by atoms with Crippen LogP contribution in [-0.2, 0) is 134 Å². The molecule has 4 aromatic carbocycles. The van der Waals surface area contributed by atoms with E-state index in [-0.39, 0.29) is 37.6 Å². The number of benzene rings is 4. The van der Waals surface area contributed by atoms with Gasteiger partial charge in [0.05, 0.1) is 175 Å². The normalized spacial score (nSPS) is 17.7. The molecule has 3 saturated heterocycles. The lowest BCUT2D eigenvalue weighted by Crippen LogP contribution is -2.54. The van der Waals surface area contributed by atoms with Crippen LogP contribution in [0.4, 0.5) is 52.6 Å². The van der Waals surface area contributed by atoms with E-state index >= 15 is 0 Å². The fraction of sp³-hybridized carbons (Fsp3) is 0.615. The van der Waals surface area contributed by atoms with E-state index < -0.39 is 210 Å². The summed E-state index contributed by atoms with van der Waals surface area (Å²) in [4.78, 5) is 142. The fourth-order valence-corrected chi connectivity index (χ4v) is 14.9. The molecule has 148 heavy (non-hydrogen) atoms. The van der Waals surface area contributed by atoms with Crippen LogP contribution >= 0.6 is 0 Å². The number of carboxylic acids is 2. The van der Waals surface area contributed by atoms with E-state index in [0.717, 1.165) is 86.9 Å². The van der Waals surface area contributed by atoms with Crippen LogP contribution in [0.25, 0.3) is 44.1 Å². The average molecular weight is 2150 g/mol. The van der Waals surface area contributed by atoms with Gasteiger partial charge in [-0.25, -0.2) is 19.6 Å². The largest absolute Gasteiger partial charge is 0.494 e. The van der Waals surface area contributed by atoms with Crippen molar-refractivity contribution in [3.63, 3.8) is 0 Å². The minimum absolute atomic E-state index is 0.179. The summed E-state index contributed by atoms with van der Waals surface area (Å²) in [6, 6.07) is 23.4. The second-order valence-corrected chi connectivity index (χ2v) is 39.7. The highest BCUT2D eigenvalue weighted by Crippen LogP contribution is 2.41. The van der Waals surface area contributed by atoms with Crippen molar-refractivity contribution >= 4 is 123 Å². The maximum Gasteiger partial charge on any atom is 0.494 e. The van der Waals surface area contributed by atoms with E-state index in [2.05, 4.69) is 149 Å². The second kappa shape index (κ2) is 56.6. The Balaban J connectivity index is 0.000000381. The summed E-state index contributed by atoms with van der Waals surface area (Å²) in [5.41, 5.74) is 3.15. The van der Waals surface area contributed by atoms with Crippen LogP contribution in [-0.4, -0.2) is 280 Å². The lowest BCUT2D eigenvalue weighted by molar-refractivity contribution is -0.188. The van der Waals surface area contributed by atoms with Crippen molar-refractivity contribution in [3.05, 3.63) is 96.8 Å². The number of amides is 2. The number of fused-ring (bicyclic) bond motifs is 2. The molecule has 0 spiro atoms. The number of alkyl carbamates (subject to hydrolysis) is 1. The highest BCUT2D eigenvalue weighted by molar-refractivity contribution is 7.88. The van der Waals surface area contributed by atoms with Gasteiger partial charge in [-0.2, -0.15) is 52.3 Å². The zero-order valence-corrected chi connectivity index (χ0v) is 87.7. The summed E-state index contributed by atoms with van der Waals surface area (Å²) in [7, 11) is -0.342. The van der Waals surface area contributed by atoms with Gasteiger partial charge < -0.3 is 111 Å². The molecule has 3 aliphatic heterocycles. The minimum atomic E-state index is -6.33. The Labute approximate surface area is 850 Å². The first-order valence-electron chi connectivity index (χ1n) is 46.4. The number of nitrogens with one attached hydrogen (secondary N) is 3. The molecule has 1 saturated carbocycles. The van der Waals surface area contributed by atoms with Gasteiger partial charge in [0.1, 0.15) is 28.9 Å². The number of hydrogen-bond donors (Lipinski definition) is 6. The Kier molecular flexibility index (Phi) is 49.3. The molecule has 38 nitrogen and oxygen atoms in total. The first kappa shape index (κ1) is 129. The van der Waals surface area contributed by atoms with Crippen molar-refractivity contribution in [2.75, 3.05) is 49.2 Å². The monoisotopic (exact) mass is 2140 g/mol. The van der Waals surface area contributed by atoms with Gasteiger partial charge in [0.15, 0.2) is 0 Å². The molecule has 6 aromatic rings. The van der Waals surface area contributed by atoms with Crippen molar-refractivity contribution < 1.29 is 200 Å². The lowest BCUT2D eigenvalue weighted by Gasteiger charge is -2.32. The van der Waals surface area contributed by atoms with E-state index in [1.54, 1.807) is 47.7 Å². The van der Waals surface area contributed by atoms with Crippen molar-refractivity contribution in [2.24, 2.45) is 23.7 Å². The van der Waals surface area contributed by atoms with Gasteiger partial charge in [-0.3, -0.25) is 43.2 Å². The number of methoxy groups -OCH3 is 6. The predicted octanol–water partition coefficient (Wildman–Crippen LogP) is 14.6. The number of aliphatic hydroxyl groups is 1. The zero-order valence-electron chi connectivity index (χ0n) is 86.8. The summed E-state index contributed by atoms with van der Waals surface area (Å²) in [6.07, 6.45) is 2.03. The van der Waals surface area contributed by atoms with Crippen molar-refractivity contribution in [3.8, 4) is 22.5 Å². The highest BCUT2D eigenvalue weighted by atomic mass is 32.3. The number of aromatic amines is 2. The Morgan fingerprint density at radius 2 is 0.811 bits per heavy atom. The number of esters is 7. The van der Waals surface area contributed by atoms with Gasteiger partial charge >= 0.3 is 116 Å². The minimum Gasteiger partial charge on any atom is -0.481 e. The third-order valence-corrected chi connectivity index (χ3v) is 24.9.